The smallest absolute Gasteiger partial charge is 0.0541 e. The molecule has 2 aromatic rings. The molecule has 1 aliphatic heterocycles. The lowest BCUT2D eigenvalue weighted by Gasteiger charge is -2.38. The maximum Gasteiger partial charge on any atom is 0.0541 e. The van der Waals surface area contributed by atoms with Crippen molar-refractivity contribution in [2.75, 3.05) is 13.1 Å². The molecule has 0 aromatic heterocycles. The highest BCUT2D eigenvalue weighted by molar-refractivity contribution is 5.27. The zero-order valence-electron chi connectivity index (χ0n) is 12.5. The number of nitrogens with two attached hydrogens (primary N) is 1. The number of benzene rings is 2. The van der Waals surface area contributed by atoms with Crippen LogP contribution in [0.2, 0.25) is 0 Å². The first kappa shape index (κ1) is 14.3. The third-order valence-electron chi connectivity index (χ3n) is 4.45. The lowest BCUT2D eigenvalue weighted by molar-refractivity contribution is 0.142. The van der Waals surface area contributed by atoms with Crippen LogP contribution in [0.25, 0.3) is 0 Å². The predicted molar refractivity (Wildman–Crippen MR) is 88.0 cm³/mol. The van der Waals surface area contributed by atoms with Crippen LogP contribution in [0.4, 0.5) is 0 Å². The first-order chi connectivity index (χ1) is 10.4. The molecular weight excluding hydrogens is 256 g/mol. The Balaban J connectivity index is 1.92. The Morgan fingerprint density at radius 1 is 0.714 bits per heavy atom. The van der Waals surface area contributed by atoms with Crippen molar-refractivity contribution >= 4 is 0 Å². The van der Waals surface area contributed by atoms with Crippen LogP contribution in [0.5, 0.6) is 0 Å². The van der Waals surface area contributed by atoms with E-state index in [1.54, 1.807) is 0 Å². The van der Waals surface area contributed by atoms with Gasteiger partial charge in [-0.15, -0.1) is 0 Å². The van der Waals surface area contributed by atoms with Crippen LogP contribution in [0, 0.1) is 0 Å². The van der Waals surface area contributed by atoms with Gasteiger partial charge in [-0.25, -0.2) is 0 Å². The summed E-state index contributed by atoms with van der Waals surface area (Å²) in [6.07, 6.45) is 3.91. The summed E-state index contributed by atoms with van der Waals surface area (Å²) in [5, 5.41) is 0. The molecule has 0 radical (unpaired) electrons. The summed E-state index contributed by atoms with van der Waals surface area (Å²) in [5.74, 6) is 0. The van der Waals surface area contributed by atoms with Gasteiger partial charge >= 0.3 is 0 Å². The van der Waals surface area contributed by atoms with Crippen molar-refractivity contribution in [3.05, 3.63) is 71.8 Å². The van der Waals surface area contributed by atoms with E-state index in [1.165, 1.54) is 30.4 Å². The Bertz CT molecular complexity index is 532. The van der Waals surface area contributed by atoms with Gasteiger partial charge in [0, 0.05) is 6.04 Å². The van der Waals surface area contributed by atoms with E-state index in [0.717, 1.165) is 13.1 Å². The Morgan fingerprint density at radius 3 is 1.81 bits per heavy atom. The van der Waals surface area contributed by atoms with E-state index in [1.807, 2.05) is 0 Å². The summed E-state index contributed by atoms with van der Waals surface area (Å²) in [6.45, 7) is 2.31. The summed E-state index contributed by atoms with van der Waals surface area (Å²) in [5.41, 5.74) is 9.21. The second-order valence-corrected chi connectivity index (χ2v) is 5.89. The van der Waals surface area contributed by atoms with Crippen molar-refractivity contribution in [1.82, 2.24) is 4.90 Å². The van der Waals surface area contributed by atoms with E-state index in [0.29, 0.717) is 0 Å². The van der Waals surface area contributed by atoms with Crippen molar-refractivity contribution in [3.8, 4) is 0 Å². The molecule has 2 heteroatoms. The monoisotopic (exact) mass is 280 g/mol. The molecule has 0 bridgehead atoms. The third kappa shape index (κ3) is 3.34. The number of hydrogen-bond donors (Lipinski definition) is 1. The first-order valence-corrected chi connectivity index (χ1v) is 7.96. The van der Waals surface area contributed by atoms with Crippen molar-refractivity contribution in [3.63, 3.8) is 0 Å². The van der Waals surface area contributed by atoms with Crippen molar-refractivity contribution in [1.29, 1.82) is 0 Å². The number of piperidine rings is 1. The normalized spacial score (nSPS) is 19.1. The van der Waals surface area contributed by atoms with Crippen molar-refractivity contribution in [2.24, 2.45) is 5.73 Å². The molecule has 2 aromatic carbocycles. The Hall–Kier alpha value is -1.64. The lowest BCUT2D eigenvalue weighted by atomic mass is 9.91. The lowest BCUT2D eigenvalue weighted by Crippen LogP contribution is -2.39. The zero-order chi connectivity index (χ0) is 14.5. The topological polar surface area (TPSA) is 29.3 Å². The van der Waals surface area contributed by atoms with Crippen LogP contribution in [-0.2, 0) is 0 Å². The summed E-state index contributed by atoms with van der Waals surface area (Å²) < 4.78 is 0. The molecular formula is C19H24N2. The van der Waals surface area contributed by atoms with E-state index in [2.05, 4.69) is 65.6 Å². The molecule has 2 N–H and O–H groups in total. The van der Waals surface area contributed by atoms with Gasteiger partial charge in [-0.2, -0.15) is 0 Å². The predicted octanol–water partition coefficient (Wildman–Crippen LogP) is 3.91. The molecule has 2 nitrogen and oxygen atoms in total. The molecule has 0 unspecified atom stereocenters. The second kappa shape index (κ2) is 6.88. The second-order valence-electron chi connectivity index (χ2n) is 5.89. The van der Waals surface area contributed by atoms with Crippen molar-refractivity contribution in [2.45, 2.75) is 31.3 Å². The van der Waals surface area contributed by atoms with Crippen LogP contribution in [0.15, 0.2) is 60.7 Å². The van der Waals surface area contributed by atoms with Gasteiger partial charge in [-0.1, -0.05) is 67.1 Å². The number of nitrogens with zero attached hydrogens (tertiary/aromatic N) is 1. The highest BCUT2D eigenvalue weighted by Gasteiger charge is 2.28. The summed E-state index contributed by atoms with van der Waals surface area (Å²) in [7, 11) is 0. The number of hydrogen-bond acceptors (Lipinski definition) is 2. The number of rotatable bonds is 4. The highest BCUT2D eigenvalue weighted by atomic mass is 15.2. The molecule has 21 heavy (non-hydrogen) atoms. The van der Waals surface area contributed by atoms with E-state index < -0.39 is 0 Å². The molecule has 0 amide bonds. The Morgan fingerprint density at radius 2 is 1.24 bits per heavy atom. The molecule has 0 saturated carbocycles. The fourth-order valence-corrected chi connectivity index (χ4v) is 3.35. The standard InChI is InChI=1S/C19H24N2/c20-18(16-10-4-1-5-11-16)19(17-12-6-2-7-13-17)21-14-8-3-9-15-21/h1-2,4-7,10-13,18-19H,3,8-9,14-15,20H2/t18-,19-/m1/s1. The first-order valence-electron chi connectivity index (χ1n) is 7.96. The van der Waals surface area contributed by atoms with Gasteiger partial charge in [0.2, 0.25) is 0 Å². The third-order valence-corrected chi connectivity index (χ3v) is 4.45. The largest absolute Gasteiger partial charge is 0.322 e. The molecule has 3 rings (SSSR count). The van der Waals surface area contributed by atoms with Gasteiger partial charge in [0.1, 0.15) is 0 Å². The van der Waals surface area contributed by atoms with E-state index in [9.17, 15) is 0 Å². The van der Waals surface area contributed by atoms with Gasteiger partial charge < -0.3 is 5.73 Å². The Kier molecular flexibility index (Phi) is 4.69. The molecule has 2 atom stereocenters. The van der Waals surface area contributed by atoms with Crippen molar-refractivity contribution < 1.29 is 0 Å². The van der Waals surface area contributed by atoms with Crippen LogP contribution in [0.3, 0.4) is 0 Å². The average Bonchev–Trinajstić information content (AvgIpc) is 2.58. The highest BCUT2D eigenvalue weighted by Crippen LogP contribution is 2.34. The molecule has 110 valence electrons. The molecule has 1 saturated heterocycles. The fraction of sp³-hybridized carbons (Fsp3) is 0.368. The summed E-state index contributed by atoms with van der Waals surface area (Å²) in [6, 6.07) is 21.5. The minimum atomic E-state index is 0.0201. The van der Waals surface area contributed by atoms with Gasteiger partial charge in [0.05, 0.1) is 6.04 Å². The maximum absolute atomic E-state index is 6.66. The minimum absolute atomic E-state index is 0.0201. The number of likely N-dealkylation sites (tertiary alicyclic amines) is 1. The molecule has 1 heterocycles. The SMILES string of the molecule is N[C@H](c1ccccc1)[C@@H](c1ccccc1)N1CCCCC1. The fourth-order valence-electron chi connectivity index (χ4n) is 3.35. The van der Waals surface area contributed by atoms with Crippen LogP contribution < -0.4 is 5.73 Å². The average molecular weight is 280 g/mol. The van der Waals surface area contributed by atoms with Crippen LogP contribution in [0.1, 0.15) is 42.5 Å². The van der Waals surface area contributed by atoms with E-state index in [-0.39, 0.29) is 12.1 Å². The van der Waals surface area contributed by atoms with Crippen LogP contribution in [-0.4, -0.2) is 18.0 Å². The van der Waals surface area contributed by atoms with E-state index >= 15 is 0 Å². The minimum Gasteiger partial charge on any atom is -0.322 e. The van der Waals surface area contributed by atoms with Gasteiger partial charge in [0.25, 0.3) is 0 Å². The van der Waals surface area contributed by atoms with Gasteiger partial charge in [-0.05, 0) is 37.1 Å². The molecule has 0 aliphatic carbocycles. The van der Waals surface area contributed by atoms with E-state index in [4.69, 9.17) is 5.73 Å². The van der Waals surface area contributed by atoms with Gasteiger partial charge in [0.15, 0.2) is 0 Å². The summed E-state index contributed by atoms with van der Waals surface area (Å²) in [4.78, 5) is 2.57. The maximum atomic E-state index is 6.66. The molecule has 1 aliphatic rings. The summed E-state index contributed by atoms with van der Waals surface area (Å²) >= 11 is 0. The molecule has 1 fully saturated rings. The van der Waals surface area contributed by atoms with Gasteiger partial charge in [-0.3, -0.25) is 4.90 Å². The quantitative estimate of drug-likeness (QED) is 0.920. The Labute approximate surface area is 127 Å². The van der Waals surface area contributed by atoms with Crippen LogP contribution >= 0.6 is 0 Å². The molecule has 0 spiro atoms. The zero-order valence-corrected chi connectivity index (χ0v) is 12.5.